The number of nitrogens with one attached hydrogen (secondary N) is 1. The molecule has 5 heteroatoms. The smallest absolute Gasteiger partial charge is 0.322 e. The van der Waals surface area contributed by atoms with E-state index >= 15 is 0 Å². The van der Waals surface area contributed by atoms with Crippen LogP contribution in [0.25, 0.3) is 0 Å². The van der Waals surface area contributed by atoms with Gasteiger partial charge in [0.15, 0.2) is 0 Å². The Balaban J connectivity index is 2.51. The summed E-state index contributed by atoms with van der Waals surface area (Å²) < 4.78 is 4.52. The van der Waals surface area contributed by atoms with Crippen molar-refractivity contribution in [3.63, 3.8) is 0 Å². The molecule has 0 radical (unpaired) electrons. The highest BCUT2D eigenvalue weighted by molar-refractivity contribution is 5.79. The van der Waals surface area contributed by atoms with Crippen LogP contribution in [0, 0.1) is 0 Å². The second kappa shape index (κ2) is 4.23. The average molecular weight is 187 g/mol. The molecule has 2 atom stereocenters. The summed E-state index contributed by atoms with van der Waals surface area (Å²) in [4.78, 5) is 21.7. The molecule has 0 aromatic carbocycles. The molecule has 0 aromatic heterocycles. The number of carboxylic acid groups (broad SMARTS) is 1. The highest BCUT2D eigenvalue weighted by atomic mass is 16.5. The van der Waals surface area contributed by atoms with Crippen LogP contribution >= 0.6 is 0 Å². The van der Waals surface area contributed by atoms with Crippen LogP contribution in [0.3, 0.4) is 0 Å². The molecule has 5 nitrogen and oxygen atoms in total. The first-order valence-electron chi connectivity index (χ1n) is 4.22. The highest BCUT2D eigenvalue weighted by Gasteiger charge is 2.30. The molecule has 0 aliphatic carbocycles. The molecular formula is C8H13NO4. The molecule has 0 unspecified atom stereocenters. The van der Waals surface area contributed by atoms with Crippen LogP contribution in [0.2, 0.25) is 0 Å². The fourth-order valence-corrected chi connectivity index (χ4v) is 1.46. The number of carboxylic acids is 1. The molecule has 0 spiro atoms. The van der Waals surface area contributed by atoms with Gasteiger partial charge in [0.05, 0.1) is 7.11 Å². The molecule has 13 heavy (non-hydrogen) atoms. The Morgan fingerprint density at radius 2 is 2.00 bits per heavy atom. The third-order valence-electron chi connectivity index (χ3n) is 2.17. The summed E-state index contributed by atoms with van der Waals surface area (Å²) in [5, 5.41) is 11.4. The van der Waals surface area contributed by atoms with E-state index in [1.54, 1.807) is 0 Å². The maximum absolute atomic E-state index is 11.1. The topological polar surface area (TPSA) is 75.6 Å². The molecule has 0 saturated carbocycles. The maximum atomic E-state index is 11.1. The lowest BCUT2D eigenvalue weighted by atomic mass is 9.99. The molecule has 0 aromatic rings. The standard InChI is InChI=1S/C8H13NO4/c1-13-8(12)6-4-2-3-5(9-6)7(10)11/h5-6,9H,2-4H2,1H3,(H,10,11)/t5-,6+/m1/s1. The summed E-state index contributed by atoms with van der Waals surface area (Å²) >= 11 is 0. The van der Waals surface area contributed by atoms with Crippen LogP contribution in [0.4, 0.5) is 0 Å². The van der Waals surface area contributed by atoms with E-state index in [4.69, 9.17) is 5.11 Å². The monoisotopic (exact) mass is 187 g/mol. The van der Waals surface area contributed by atoms with Gasteiger partial charge in [-0.2, -0.15) is 0 Å². The number of hydrogen-bond acceptors (Lipinski definition) is 4. The molecule has 74 valence electrons. The van der Waals surface area contributed by atoms with Crippen LogP contribution < -0.4 is 5.32 Å². The summed E-state index contributed by atoms with van der Waals surface area (Å²) in [5.41, 5.74) is 0. The third-order valence-corrected chi connectivity index (χ3v) is 2.17. The van der Waals surface area contributed by atoms with E-state index in [1.165, 1.54) is 7.11 Å². The van der Waals surface area contributed by atoms with Gasteiger partial charge in [0, 0.05) is 0 Å². The van der Waals surface area contributed by atoms with Crippen molar-refractivity contribution in [2.45, 2.75) is 31.3 Å². The Labute approximate surface area is 76.1 Å². The second-order valence-corrected chi connectivity index (χ2v) is 3.06. The Morgan fingerprint density at radius 1 is 1.38 bits per heavy atom. The average Bonchev–Trinajstić information content (AvgIpc) is 2.17. The van der Waals surface area contributed by atoms with Crippen molar-refractivity contribution < 1.29 is 19.4 Å². The quantitative estimate of drug-likeness (QED) is 0.583. The minimum absolute atomic E-state index is 0.383. The lowest BCUT2D eigenvalue weighted by molar-refractivity contribution is -0.146. The fraction of sp³-hybridized carbons (Fsp3) is 0.750. The number of rotatable bonds is 2. The van der Waals surface area contributed by atoms with Crippen molar-refractivity contribution in [1.29, 1.82) is 0 Å². The first-order chi connectivity index (χ1) is 6.15. The molecule has 1 heterocycles. The molecule has 1 saturated heterocycles. The number of esters is 1. The van der Waals surface area contributed by atoms with Crippen molar-refractivity contribution in [3.8, 4) is 0 Å². The summed E-state index contributed by atoms with van der Waals surface area (Å²) in [6.45, 7) is 0. The minimum atomic E-state index is -0.909. The molecule has 1 aliphatic rings. The van der Waals surface area contributed by atoms with Gasteiger partial charge in [0.1, 0.15) is 12.1 Å². The molecule has 1 rings (SSSR count). The predicted molar refractivity (Wildman–Crippen MR) is 44.2 cm³/mol. The van der Waals surface area contributed by atoms with Gasteiger partial charge in [-0.1, -0.05) is 0 Å². The van der Waals surface area contributed by atoms with E-state index in [2.05, 4.69) is 10.1 Å². The van der Waals surface area contributed by atoms with Crippen molar-refractivity contribution in [1.82, 2.24) is 5.32 Å². The Bertz CT molecular complexity index is 216. The zero-order chi connectivity index (χ0) is 9.84. The molecule has 2 N–H and O–H groups in total. The zero-order valence-electron chi connectivity index (χ0n) is 7.45. The Kier molecular flexibility index (Phi) is 3.25. The number of carbonyl (C=O) groups is 2. The molecule has 1 fully saturated rings. The number of hydrogen-bond donors (Lipinski definition) is 2. The first kappa shape index (κ1) is 9.98. The van der Waals surface area contributed by atoms with Gasteiger partial charge in [-0.3, -0.25) is 14.9 Å². The van der Waals surface area contributed by atoms with Gasteiger partial charge in [0.2, 0.25) is 0 Å². The number of piperidine rings is 1. The van der Waals surface area contributed by atoms with E-state index in [0.717, 1.165) is 6.42 Å². The fourth-order valence-electron chi connectivity index (χ4n) is 1.46. The van der Waals surface area contributed by atoms with Gasteiger partial charge in [0.25, 0.3) is 0 Å². The van der Waals surface area contributed by atoms with Crippen molar-refractivity contribution in [2.75, 3.05) is 7.11 Å². The highest BCUT2D eigenvalue weighted by Crippen LogP contribution is 2.13. The van der Waals surface area contributed by atoms with Gasteiger partial charge in [-0.15, -0.1) is 0 Å². The van der Waals surface area contributed by atoms with Crippen molar-refractivity contribution in [3.05, 3.63) is 0 Å². The minimum Gasteiger partial charge on any atom is -0.480 e. The van der Waals surface area contributed by atoms with Crippen molar-refractivity contribution in [2.24, 2.45) is 0 Å². The molecule has 0 amide bonds. The summed E-state index contributed by atoms with van der Waals surface area (Å²) in [7, 11) is 1.30. The Morgan fingerprint density at radius 3 is 2.54 bits per heavy atom. The van der Waals surface area contributed by atoms with Crippen LogP contribution in [0.5, 0.6) is 0 Å². The molecular weight excluding hydrogens is 174 g/mol. The second-order valence-electron chi connectivity index (χ2n) is 3.06. The van der Waals surface area contributed by atoms with Gasteiger partial charge in [-0.05, 0) is 19.3 Å². The van der Waals surface area contributed by atoms with Crippen LogP contribution in [0.1, 0.15) is 19.3 Å². The number of ether oxygens (including phenoxy) is 1. The van der Waals surface area contributed by atoms with E-state index in [0.29, 0.717) is 12.8 Å². The Hall–Kier alpha value is -1.10. The number of aliphatic carboxylic acids is 1. The van der Waals surface area contributed by atoms with E-state index in [9.17, 15) is 9.59 Å². The predicted octanol–water partition coefficient (Wildman–Crippen LogP) is -0.245. The SMILES string of the molecule is COC(=O)[C@@H]1CCC[C@H](C(=O)O)N1. The third kappa shape index (κ3) is 2.42. The van der Waals surface area contributed by atoms with Crippen LogP contribution in [-0.2, 0) is 14.3 Å². The van der Waals surface area contributed by atoms with Gasteiger partial charge in [-0.25, -0.2) is 0 Å². The normalized spacial score (nSPS) is 28.1. The lowest BCUT2D eigenvalue weighted by Gasteiger charge is -2.26. The zero-order valence-corrected chi connectivity index (χ0v) is 7.45. The largest absolute Gasteiger partial charge is 0.480 e. The summed E-state index contributed by atoms with van der Waals surface area (Å²) in [5.74, 6) is -1.29. The van der Waals surface area contributed by atoms with E-state index < -0.39 is 18.1 Å². The van der Waals surface area contributed by atoms with Crippen LogP contribution in [-0.4, -0.2) is 36.2 Å². The number of carbonyl (C=O) groups excluding carboxylic acids is 1. The molecule has 1 aliphatic heterocycles. The maximum Gasteiger partial charge on any atom is 0.322 e. The number of methoxy groups -OCH3 is 1. The molecule has 0 bridgehead atoms. The van der Waals surface area contributed by atoms with Gasteiger partial charge < -0.3 is 9.84 Å². The first-order valence-corrected chi connectivity index (χ1v) is 4.22. The lowest BCUT2D eigenvalue weighted by Crippen LogP contribution is -2.50. The van der Waals surface area contributed by atoms with E-state index in [-0.39, 0.29) is 5.97 Å². The summed E-state index contributed by atoms with van der Waals surface area (Å²) in [6, 6.07) is -1.07. The van der Waals surface area contributed by atoms with Gasteiger partial charge >= 0.3 is 11.9 Å². The van der Waals surface area contributed by atoms with Crippen LogP contribution in [0.15, 0.2) is 0 Å². The van der Waals surface area contributed by atoms with Crippen molar-refractivity contribution >= 4 is 11.9 Å². The summed E-state index contributed by atoms with van der Waals surface area (Å²) in [6.07, 6.45) is 1.96. The van der Waals surface area contributed by atoms with E-state index in [1.807, 2.05) is 0 Å².